The molecule has 1 N–H and O–H groups in total. The molecule has 1 fully saturated rings. The monoisotopic (exact) mass is 371 g/mol. The van der Waals surface area contributed by atoms with E-state index in [2.05, 4.69) is 11.4 Å². The molecule has 0 aromatic heterocycles. The van der Waals surface area contributed by atoms with Crippen LogP contribution in [0.25, 0.3) is 0 Å². The van der Waals surface area contributed by atoms with Gasteiger partial charge in [0.2, 0.25) is 5.91 Å². The molecule has 1 amide bonds. The molecular weight excluding hydrogens is 346 g/mol. The van der Waals surface area contributed by atoms with Gasteiger partial charge in [0.05, 0.1) is 18.1 Å². The summed E-state index contributed by atoms with van der Waals surface area (Å²) in [4.78, 5) is 13.0. The Morgan fingerprint density at radius 3 is 2.54 bits per heavy atom. The minimum absolute atomic E-state index is 0.0925. The van der Waals surface area contributed by atoms with Crippen molar-refractivity contribution < 1.29 is 9.53 Å². The van der Waals surface area contributed by atoms with Gasteiger partial charge in [-0.1, -0.05) is 54.4 Å². The zero-order chi connectivity index (χ0) is 18.6. The Hall–Kier alpha value is -1.84. The molecule has 0 aliphatic heterocycles. The topological polar surface area (TPSA) is 38.3 Å². The highest BCUT2D eigenvalue weighted by molar-refractivity contribution is 6.30. The molecule has 0 spiro atoms. The van der Waals surface area contributed by atoms with Crippen molar-refractivity contribution in [2.24, 2.45) is 0 Å². The third-order valence-corrected chi connectivity index (χ3v) is 5.28. The van der Waals surface area contributed by atoms with E-state index in [9.17, 15) is 4.79 Å². The molecule has 2 aromatic carbocycles. The van der Waals surface area contributed by atoms with E-state index in [4.69, 9.17) is 16.3 Å². The number of rotatable bonds is 7. The molecule has 1 saturated carbocycles. The zero-order valence-electron chi connectivity index (χ0n) is 15.4. The molecule has 0 saturated heterocycles. The van der Waals surface area contributed by atoms with Gasteiger partial charge >= 0.3 is 0 Å². The van der Waals surface area contributed by atoms with Crippen LogP contribution in [0.1, 0.15) is 49.8 Å². The molecule has 0 atom stereocenters. The van der Waals surface area contributed by atoms with Gasteiger partial charge in [-0.2, -0.15) is 0 Å². The number of hydrogen-bond donors (Lipinski definition) is 1. The highest BCUT2D eigenvalue weighted by atomic mass is 35.5. The second-order valence-corrected chi connectivity index (χ2v) is 7.74. The van der Waals surface area contributed by atoms with Crippen LogP contribution in [0, 0.1) is 0 Å². The van der Waals surface area contributed by atoms with E-state index in [1.807, 2.05) is 56.3 Å². The van der Waals surface area contributed by atoms with Crippen molar-refractivity contribution in [2.75, 3.05) is 0 Å². The molecule has 2 aromatic rings. The lowest BCUT2D eigenvalue weighted by molar-refractivity contribution is -0.130. The first kappa shape index (κ1) is 18.9. The summed E-state index contributed by atoms with van der Waals surface area (Å²) in [5.74, 6) is 0.0925. The summed E-state index contributed by atoms with van der Waals surface area (Å²) in [6, 6.07) is 15.9. The summed E-state index contributed by atoms with van der Waals surface area (Å²) in [5, 5.41) is 3.81. The SMILES string of the molecule is CC(C)OCc1cccc(CNC(=O)C2(c3cccc(Cl)c3)CCC2)c1. The number of carbonyl (C=O) groups excluding carboxylic acids is 1. The van der Waals surface area contributed by atoms with E-state index < -0.39 is 5.41 Å². The van der Waals surface area contributed by atoms with Crippen molar-refractivity contribution in [1.82, 2.24) is 5.32 Å². The molecule has 0 radical (unpaired) electrons. The molecule has 1 aliphatic rings. The maximum atomic E-state index is 13.0. The highest BCUT2D eigenvalue weighted by Crippen LogP contribution is 2.44. The van der Waals surface area contributed by atoms with Crippen molar-refractivity contribution in [3.8, 4) is 0 Å². The van der Waals surface area contributed by atoms with Crippen molar-refractivity contribution in [3.05, 3.63) is 70.2 Å². The number of hydrogen-bond acceptors (Lipinski definition) is 2. The van der Waals surface area contributed by atoms with E-state index in [1.165, 1.54) is 0 Å². The second-order valence-electron chi connectivity index (χ2n) is 7.31. The lowest BCUT2D eigenvalue weighted by Crippen LogP contribution is -2.49. The fourth-order valence-electron chi connectivity index (χ4n) is 3.41. The summed E-state index contributed by atoms with van der Waals surface area (Å²) in [5.41, 5.74) is 2.80. The largest absolute Gasteiger partial charge is 0.374 e. The Labute approximate surface area is 160 Å². The maximum absolute atomic E-state index is 13.0. The van der Waals surface area contributed by atoms with Gasteiger partial charge in [0, 0.05) is 11.6 Å². The standard InChI is InChI=1S/C22H26ClNO2/c1-16(2)26-15-18-7-3-6-17(12-18)14-24-21(25)22(10-5-11-22)19-8-4-9-20(23)13-19/h3-4,6-9,12-13,16H,5,10-11,14-15H2,1-2H3,(H,24,25). The van der Waals surface area contributed by atoms with Crippen LogP contribution >= 0.6 is 11.6 Å². The third kappa shape index (κ3) is 4.28. The molecule has 3 rings (SSSR count). The Morgan fingerprint density at radius 1 is 1.15 bits per heavy atom. The molecule has 3 nitrogen and oxygen atoms in total. The quantitative estimate of drug-likeness (QED) is 0.743. The number of halogens is 1. The third-order valence-electron chi connectivity index (χ3n) is 5.05. The van der Waals surface area contributed by atoms with Gasteiger partial charge in [-0.3, -0.25) is 4.79 Å². The Bertz CT molecular complexity index is 768. The number of amides is 1. The molecule has 0 unspecified atom stereocenters. The van der Waals surface area contributed by atoms with Crippen LogP contribution in [0.3, 0.4) is 0 Å². The molecule has 138 valence electrons. The van der Waals surface area contributed by atoms with Gasteiger partial charge in [-0.05, 0) is 55.5 Å². The maximum Gasteiger partial charge on any atom is 0.230 e. The number of carbonyl (C=O) groups is 1. The van der Waals surface area contributed by atoms with Crippen molar-refractivity contribution in [1.29, 1.82) is 0 Å². The van der Waals surface area contributed by atoms with Crippen molar-refractivity contribution in [3.63, 3.8) is 0 Å². The van der Waals surface area contributed by atoms with Gasteiger partial charge in [-0.25, -0.2) is 0 Å². The van der Waals surface area contributed by atoms with Gasteiger partial charge in [0.1, 0.15) is 0 Å². The van der Waals surface area contributed by atoms with E-state index in [0.29, 0.717) is 18.2 Å². The molecule has 26 heavy (non-hydrogen) atoms. The van der Waals surface area contributed by atoms with Gasteiger partial charge < -0.3 is 10.1 Å². The van der Waals surface area contributed by atoms with Gasteiger partial charge in [0.25, 0.3) is 0 Å². The normalized spacial score (nSPS) is 15.5. The average molecular weight is 372 g/mol. The smallest absolute Gasteiger partial charge is 0.230 e. The molecule has 1 aliphatic carbocycles. The van der Waals surface area contributed by atoms with E-state index >= 15 is 0 Å². The zero-order valence-corrected chi connectivity index (χ0v) is 16.2. The first-order chi connectivity index (χ1) is 12.5. The van der Waals surface area contributed by atoms with E-state index in [0.717, 1.165) is 36.0 Å². The summed E-state index contributed by atoms with van der Waals surface area (Å²) < 4.78 is 5.66. The Kier molecular flexibility index (Phi) is 6.00. The summed E-state index contributed by atoms with van der Waals surface area (Å²) in [6.07, 6.45) is 3.03. The molecule has 0 bridgehead atoms. The van der Waals surface area contributed by atoms with Crippen LogP contribution in [0.4, 0.5) is 0 Å². The van der Waals surface area contributed by atoms with Crippen LogP contribution in [-0.4, -0.2) is 12.0 Å². The van der Waals surface area contributed by atoms with Gasteiger partial charge in [-0.15, -0.1) is 0 Å². The lowest BCUT2D eigenvalue weighted by atomic mass is 9.64. The number of nitrogens with one attached hydrogen (secondary N) is 1. The molecule has 0 heterocycles. The lowest BCUT2D eigenvalue weighted by Gasteiger charge is -2.40. The fourth-order valence-corrected chi connectivity index (χ4v) is 3.60. The predicted molar refractivity (Wildman–Crippen MR) is 105 cm³/mol. The summed E-state index contributed by atoms with van der Waals surface area (Å²) in [6.45, 7) is 5.17. The minimum Gasteiger partial charge on any atom is -0.374 e. The van der Waals surface area contributed by atoms with Crippen LogP contribution < -0.4 is 5.32 Å². The first-order valence-electron chi connectivity index (χ1n) is 9.23. The summed E-state index contributed by atoms with van der Waals surface area (Å²) >= 11 is 6.14. The van der Waals surface area contributed by atoms with E-state index in [1.54, 1.807) is 0 Å². The number of benzene rings is 2. The Morgan fingerprint density at radius 2 is 1.88 bits per heavy atom. The second kappa shape index (κ2) is 8.24. The first-order valence-corrected chi connectivity index (χ1v) is 9.61. The average Bonchev–Trinajstić information content (AvgIpc) is 2.58. The summed E-state index contributed by atoms with van der Waals surface area (Å²) in [7, 11) is 0. The van der Waals surface area contributed by atoms with Crippen molar-refractivity contribution in [2.45, 2.75) is 57.8 Å². The van der Waals surface area contributed by atoms with Crippen LogP contribution in [0.5, 0.6) is 0 Å². The molecule has 4 heteroatoms. The van der Waals surface area contributed by atoms with Gasteiger partial charge in [0.15, 0.2) is 0 Å². The predicted octanol–water partition coefficient (Wildman–Crippen LogP) is 5.00. The molecular formula is C22H26ClNO2. The van der Waals surface area contributed by atoms with Crippen LogP contribution in [0.15, 0.2) is 48.5 Å². The van der Waals surface area contributed by atoms with Crippen molar-refractivity contribution >= 4 is 17.5 Å². The Balaban J connectivity index is 1.65. The highest BCUT2D eigenvalue weighted by Gasteiger charge is 2.45. The fraction of sp³-hybridized carbons (Fsp3) is 0.409. The van der Waals surface area contributed by atoms with Crippen LogP contribution in [-0.2, 0) is 28.1 Å². The minimum atomic E-state index is -0.427. The van der Waals surface area contributed by atoms with Crippen LogP contribution in [0.2, 0.25) is 5.02 Å². The van der Waals surface area contributed by atoms with E-state index in [-0.39, 0.29) is 12.0 Å². The number of ether oxygens (including phenoxy) is 1.